The molecule has 0 bridgehead atoms. The molecule has 182 valence electrons. The van der Waals surface area contributed by atoms with Crippen molar-refractivity contribution in [2.45, 2.75) is 49.6 Å². The second-order valence-corrected chi connectivity index (χ2v) is 10.3. The van der Waals surface area contributed by atoms with Crippen molar-refractivity contribution < 1.29 is 22.9 Å². The molecule has 35 heavy (non-hydrogen) atoms. The van der Waals surface area contributed by atoms with Crippen molar-refractivity contribution >= 4 is 21.6 Å². The summed E-state index contributed by atoms with van der Waals surface area (Å²) in [5, 5.41) is 18.7. The molecule has 12 heteroatoms. The zero-order valence-corrected chi connectivity index (χ0v) is 19.6. The van der Waals surface area contributed by atoms with Crippen LogP contribution in [0, 0.1) is 17.0 Å². The van der Waals surface area contributed by atoms with Gasteiger partial charge in [0.15, 0.2) is 5.69 Å². The van der Waals surface area contributed by atoms with Crippen molar-refractivity contribution in [3.63, 3.8) is 0 Å². The first-order valence-electron chi connectivity index (χ1n) is 11.2. The van der Waals surface area contributed by atoms with Crippen LogP contribution in [0.1, 0.15) is 41.7 Å². The molecule has 0 aliphatic heterocycles. The van der Waals surface area contributed by atoms with Gasteiger partial charge in [-0.3, -0.25) is 14.9 Å². The van der Waals surface area contributed by atoms with Gasteiger partial charge in [-0.25, -0.2) is 13.1 Å². The third kappa shape index (κ3) is 4.88. The number of nitrogens with zero attached hydrogens (tertiary/aromatic N) is 3. The lowest BCUT2D eigenvalue weighted by molar-refractivity contribution is -0.385. The Labute approximate surface area is 201 Å². The quantitative estimate of drug-likeness (QED) is 0.341. The molecule has 2 aromatic carbocycles. The molecule has 0 unspecified atom stereocenters. The Kier molecular flexibility index (Phi) is 5.77. The standard InChI is InChI=1S/C23H23N5O6S/c1-14-21(22(29)24-15-7-8-15)25-27(17-5-3-2-4-6-17)23(14)34-19-12-11-18(28(30)31)13-20(19)35(32,33)26-16-9-10-16/h2-6,11-13,15-16,26H,7-10H2,1H3,(H,24,29). The summed E-state index contributed by atoms with van der Waals surface area (Å²) in [6.07, 6.45) is 3.21. The number of hydrogen-bond donors (Lipinski definition) is 2. The van der Waals surface area contributed by atoms with Crippen molar-refractivity contribution in [3.8, 4) is 17.3 Å². The van der Waals surface area contributed by atoms with Crippen molar-refractivity contribution in [1.82, 2.24) is 19.8 Å². The number of carbonyl (C=O) groups is 1. The highest BCUT2D eigenvalue weighted by atomic mass is 32.2. The number of benzene rings is 2. The number of nitro groups is 1. The van der Waals surface area contributed by atoms with E-state index in [0.29, 0.717) is 24.1 Å². The highest BCUT2D eigenvalue weighted by molar-refractivity contribution is 7.89. The Balaban J connectivity index is 1.60. The smallest absolute Gasteiger partial charge is 0.272 e. The Morgan fingerprint density at radius 3 is 2.43 bits per heavy atom. The molecule has 1 amide bonds. The van der Waals surface area contributed by atoms with Crippen molar-refractivity contribution in [1.29, 1.82) is 0 Å². The minimum atomic E-state index is -4.10. The molecule has 2 saturated carbocycles. The van der Waals surface area contributed by atoms with Gasteiger partial charge in [-0.1, -0.05) is 18.2 Å². The fourth-order valence-electron chi connectivity index (χ4n) is 3.53. The Morgan fingerprint density at radius 1 is 1.11 bits per heavy atom. The van der Waals surface area contributed by atoms with Gasteiger partial charge in [0.05, 0.1) is 10.6 Å². The summed E-state index contributed by atoms with van der Waals surface area (Å²) in [6, 6.07) is 12.2. The molecule has 5 rings (SSSR count). The maximum absolute atomic E-state index is 13.0. The van der Waals surface area contributed by atoms with Crippen LogP contribution in [0.2, 0.25) is 0 Å². The number of non-ortho nitro benzene ring substituents is 1. The average molecular weight is 498 g/mol. The summed E-state index contributed by atoms with van der Waals surface area (Å²) in [5.74, 6) is -0.330. The lowest BCUT2D eigenvalue weighted by Crippen LogP contribution is -2.26. The van der Waals surface area contributed by atoms with E-state index in [1.165, 1.54) is 16.8 Å². The summed E-state index contributed by atoms with van der Waals surface area (Å²) in [6.45, 7) is 1.66. The predicted molar refractivity (Wildman–Crippen MR) is 125 cm³/mol. The van der Waals surface area contributed by atoms with Gasteiger partial charge in [0.1, 0.15) is 10.6 Å². The van der Waals surface area contributed by atoms with E-state index in [9.17, 15) is 23.3 Å². The zero-order chi connectivity index (χ0) is 24.7. The van der Waals surface area contributed by atoms with Crippen LogP contribution in [0.5, 0.6) is 11.6 Å². The fraction of sp³-hybridized carbons (Fsp3) is 0.304. The second kappa shape index (κ2) is 8.78. The zero-order valence-electron chi connectivity index (χ0n) is 18.8. The van der Waals surface area contributed by atoms with Crippen LogP contribution >= 0.6 is 0 Å². The number of nitrogens with one attached hydrogen (secondary N) is 2. The Bertz CT molecular complexity index is 1410. The van der Waals surface area contributed by atoms with Gasteiger partial charge in [-0.15, -0.1) is 0 Å². The van der Waals surface area contributed by atoms with E-state index in [0.717, 1.165) is 18.9 Å². The molecule has 3 aromatic rings. The minimum absolute atomic E-state index is 0.113. The van der Waals surface area contributed by atoms with Crippen LogP contribution in [0.4, 0.5) is 5.69 Å². The van der Waals surface area contributed by atoms with Crippen LogP contribution in [0.3, 0.4) is 0 Å². The molecule has 2 fully saturated rings. The van der Waals surface area contributed by atoms with E-state index < -0.39 is 14.9 Å². The van der Waals surface area contributed by atoms with Crippen molar-refractivity contribution in [2.75, 3.05) is 0 Å². The third-order valence-electron chi connectivity index (χ3n) is 5.73. The number of carbonyl (C=O) groups excluding carboxylic acids is 1. The lowest BCUT2D eigenvalue weighted by atomic mass is 10.2. The average Bonchev–Trinajstić information content (AvgIpc) is 3.76. The molecule has 1 heterocycles. The molecular weight excluding hydrogens is 474 g/mol. The van der Waals surface area contributed by atoms with Crippen LogP contribution in [-0.4, -0.2) is 41.1 Å². The van der Waals surface area contributed by atoms with E-state index in [-0.39, 0.29) is 45.9 Å². The van der Waals surface area contributed by atoms with E-state index in [4.69, 9.17) is 4.74 Å². The van der Waals surface area contributed by atoms with E-state index in [1.54, 1.807) is 31.2 Å². The van der Waals surface area contributed by atoms with E-state index >= 15 is 0 Å². The fourth-order valence-corrected chi connectivity index (χ4v) is 4.99. The first-order valence-corrected chi connectivity index (χ1v) is 12.7. The van der Waals surface area contributed by atoms with E-state index in [2.05, 4.69) is 15.1 Å². The number of hydrogen-bond acceptors (Lipinski definition) is 7. The molecule has 0 spiro atoms. The molecule has 2 N–H and O–H groups in total. The first-order chi connectivity index (χ1) is 16.7. The van der Waals surface area contributed by atoms with Gasteiger partial charge in [0.25, 0.3) is 11.6 Å². The Morgan fingerprint density at radius 2 is 1.80 bits per heavy atom. The topological polar surface area (TPSA) is 145 Å². The molecule has 2 aliphatic carbocycles. The number of amides is 1. The summed E-state index contributed by atoms with van der Waals surface area (Å²) in [5.41, 5.74) is 0.770. The predicted octanol–water partition coefficient (Wildman–Crippen LogP) is 3.21. The summed E-state index contributed by atoms with van der Waals surface area (Å²) in [4.78, 5) is 23.1. The third-order valence-corrected chi connectivity index (χ3v) is 7.27. The van der Waals surface area contributed by atoms with Gasteiger partial charge < -0.3 is 10.1 Å². The van der Waals surface area contributed by atoms with Crippen molar-refractivity contribution in [3.05, 3.63) is 69.9 Å². The molecular formula is C23H23N5O6S. The van der Waals surface area contributed by atoms with Gasteiger partial charge >= 0.3 is 0 Å². The lowest BCUT2D eigenvalue weighted by Gasteiger charge is -2.14. The van der Waals surface area contributed by atoms with Crippen molar-refractivity contribution in [2.24, 2.45) is 0 Å². The largest absolute Gasteiger partial charge is 0.437 e. The minimum Gasteiger partial charge on any atom is -0.437 e. The maximum Gasteiger partial charge on any atom is 0.272 e. The van der Waals surface area contributed by atoms with Gasteiger partial charge in [-0.05, 0) is 50.8 Å². The van der Waals surface area contributed by atoms with E-state index in [1.807, 2.05) is 6.07 Å². The number of para-hydroxylation sites is 1. The normalized spacial score (nSPS) is 15.6. The van der Waals surface area contributed by atoms with Crippen LogP contribution < -0.4 is 14.8 Å². The SMILES string of the molecule is Cc1c(C(=O)NC2CC2)nn(-c2ccccc2)c1Oc1ccc([N+](=O)[O-])cc1S(=O)(=O)NC1CC1. The van der Waals surface area contributed by atoms with Crippen LogP contribution in [-0.2, 0) is 10.0 Å². The first kappa shape index (κ1) is 23.0. The highest BCUT2D eigenvalue weighted by Gasteiger charge is 2.33. The van der Waals surface area contributed by atoms with Crippen LogP contribution in [0.25, 0.3) is 5.69 Å². The molecule has 0 radical (unpaired) electrons. The Hall–Kier alpha value is -3.77. The van der Waals surface area contributed by atoms with Gasteiger partial charge in [-0.2, -0.15) is 9.78 Å². The molecule has 1 aromatic heterocycles. The summed E-state index contributed by atoms with van der Waals surface area (Å²) in [7, 11) is -4.10. The molecule has 0 atom stereocenters. The number of ether oxygens (including phenoxy) is 1. The number of nitro benzene ring substituents is 1. The highest BCUT2D eigenvalue weighted by Crippen LogP contribution is 2.36. The number of rotatable bonds is 9. The number of aromatic nitrogens is 2. The number of sulfonamides is 1. The van der Waals surface area contributed by atoms with Crippen LogP contribution in [0.15, 0.2) is 53.4 Å². The molecule has 0 saturated heterocycles. The van der Waals surface area contributed by atoms with Gasteiger partial charge in [0.2, 0.25) is 15.9 Å². The second-order valence-electron chi connectivity index (χ2n) is 8.66. The summed E-state index contributed by atoms with van der Waals surface area (Å²) >= 11 is 0. The van der Waals surface area contributed by atoms with Gasteiger partial charge in [0, 0.05) is 29.8 Å². The monoisotopic (exact) mass is 497 g/mol. The summed E-state index contributed by atoms with van der Waals surface area (Å²) < 4.78 is 36.1. The molecule has 11 nitrogen and oxygen atoms in total. The molecule has 2 aliphatic rings. The maximum atomic E-state index is 13.0.